The second-order valence-corrected chi connectivity index (χ2v) is 3.77. The van der Waals surface area contributed by atoms with Gasteiger partial charge in [-0.2, -0.15) is 0 Å². The molecule has 16 heavy (non-hydrogen) atoms. The number of hydrogen-bond donors (Lipinski definition) is 1. The number of ether oxygens (including phenoxy) is 2. The molecule has 0 aliphatic carbocycles. The number of hydrogen-bond acceptors (Lipinski definition) is 4. The minimum Gasteiger partial charge on any atom is -0.382 e. The lowest BCUT2D eigenvalue weighted by Crippen LogP contribution is -2.15. The number of nitrogens with zero attached hydrogens (tertiary/aromatic N) is 1. The van der Waals surface area contributed by atoms with Gasteiger partial charge in [0.05, 0.1) is 25.0 Å². The highest BCUT2D eigenvalue weighted by atomic mass is 16.5. The van der Waals surface area contributed by atoms with Crippen LogP contribution >= 0.6 is 0 Å². The number of rotatable bonds is 7. The molecule has 1 heterocycles. The molecule has 1 atom stereocenters. The van der Waals surface area contributed by atoms with Crippen LogP contribution in [0.3, 0.4) is 0 Å². The van der Waals surface area contributed by atoms with Gasteiger partial charge in [0, 0.05) is 19.9 Å². The summed E-state index contributed by atoms with van der Waals surface area (Å²) >= 11 is 0. The first kappa shape index (κ1) is 13.1. The lowest BCUT2D eigenvalue weighted by Gasteiger charge is -2.11. The topological polar surface area (TPSA) is 43.4 Å². The molecule has 0 spiro atoms. The van der Waals surface area contributed by atoms with Crippen molar-refractivity contribution in [1.82, 2.24) is 10.3 Å². The van der Waals surface area contributed by atoms with Crippen LogP contribution in [-0.2, 0) is 22.6 Å². The third-order valence-corrected chi connectivity index (χ3v) is 2.18. The van der Waals surface area contributed by atoms with Crippen molar-refractivity contribution in [3.8, 4) is 0 Å². The van der Waals surface area contributed by atoms with Crippen LogP contribution in [0.1, 0.15) is 18.2 Å². The van der Waals surface area contributed by atoms with E-state index in [1.807, 2.05) is 26.2 Å². The standard InChI is InChI=1S/C12H20N2O2/c1-10(8-15-3)16-9-12-5-4-11(6-13-2)7-14-12/h4-5,7,10,13H,6,8-9H2,1-3H3. The SMILES string of the molecule is CNCc1ccc(COC(C)COC)nc1. The van der Waals surface area contributed by atoms with E-state index in [0.29, 0.717) is 13.2 Å². The van der Waals surface area contributed by atoms with Crippen molar-refractivity contribution in [2.45, 2.75) is 26.2 Å². The Hall–Kier alpha value is -0.970. The molecule has 1 unspecified atom stereocenters. The van der Waals surface area contributed by atoms with Crippen molar-refractivity contribution in [1.29, 1.82) is 0 Å². The van der Waals surface area contributed by atoms with E-state index >= 15 is 0 Å². The van der Waals surface area contributed by atoms with E-state index in [0.717, 1.165) is 12.2 Å². The zero-order valence-corrected chi connectivity index (χ0v) is 10.2. The summed E-state index contributed by atoms with van der Waals surface area (Å²) in [4.78, 5) is 4.32. The maximum absolute atomic E-state index is 5.57. The van der Waals surface area contributed by atoms with Crippen LogP contribution in [0.15, 0.2) is 18.3 Å². The minimum atomic E-state index is 0.101. The molecule has 0 amide bonds. The Labute approximate surface area is 97.0 Å². The average molecular weight is 224 g/mol. The number of pyridine rings is 1. The van der Waals surface area contributed by atoms with Gasteiger partial charge in [-0.3, -0.25) is 4.98 Å². The Morgan fingerprint density at radius 3 is 2.81 bits per heavy atom. The molecule has 0 radical (unpaired) electrons. The van der Waals surface area contributed by atoms with Crippen LogP contribution in [0.2, 0.25) is 0 Å². The molecule has 0 saturated carbocycles. The summed E-state index contributed by atoms with van der Waals surface area (Å²) in [6.07, 6.45) is 1.97. The monoisotopic (exact) mass is 224 g/mol. The second kappa shape index (κ2) is 7.33. The molecule has 1 N–H and O–H groups in total. The maximum atomic E-state index is 5.57. The van der Waals surface area contributed by atoms with E-state index in [1.54, 1.807) is 7.11 Å². The van der Waals surface area contributed by atoms with Gasteiger partial charge in [0.1, 0.15) is 0 Å². The summed E-state index contributed by atoms with van der Waals surface area (Å²) in [6, 6.07) is 4.05. The summed E-state index contributed by atoms with van der Waals surface area (Å²) in [5.74, 6) is 0. The molecule has 90 valence electrons. The minimum absolute atomic E-state index is 0.101. The normalized spacial score (nSPS) is 12.7. The van der Waals surface area contributed by atoms with E-state index < -0.39 is 0 Å². The van der Waals surface area contributed by atoms with Crippen LogP contribution in [0.4, 0.5) is 0 Å². The smallest absolute Gasteiger partial charge is 0.0892 e. The summed E-state index contributed by atoms with van der Waals surface area (Å²) in [5, 5.41) is 3.08. The maximum Gasteiger partial charge on any atom is 0.0892 e. The summed E-state index contributed by atoms with van der Waals surface area (Å²) in [5.41, 5.74) is 2.12. The van der Waals surface area contributed by atoms with Gasteiger partial charge in [-0.05, 0) is 25.6 Å². The van der Waals surface area contributed by atoms with Gasteiger partial charge in [-0.1, -0.05) is 6.07 Å². The summed E-state index contributed by atoms with van der Waals surface area (Å²) in [7, 11) is 3.59. The van der Waals surface area contributed by atoms with Crippen molar-refractivity contribution in [2.75, 3.05) is 20.8 Å². The van der Waals surface area contributed by atoms with Crippen molar-refractivity contribution in [3.63, 3.8) is 0 Å². The van der Waals surface area contributed by atoms with Crippen LogP contribution in [-0.4, -0.2) is 31.9 Å². The van der Waals surface area contributed by atoms with Gasteiger partial charge in [0.25, 0.3) is 0 Å². The Kier molecular flexibility index (Phi) is 6.00. The fourth-order valence-electron chi connectivity index (χ4n) is 1.36. The van der Waals surface area contributed by atoms with Crippen LogP contribution in [0.5, 0.6) is 0 Å². The molecule has 0 aromatic carbocycles. The van der Waals surface area contributed by atoms with Gasteiger partial charge in [0.2, 0.25) is 0 Å². The van der Waals surface area contributed by atoms with Gasteiger partial charge in [-0.25, -0.2) is 0 Å². The number of nitrogens with one attached hydrogen (secondary N) is 1. The molecular weight excluding hydrogens is 204 g/mol. The number of aromatic nitrogens is 1. The van der Waals surface area contributed by atoms with Crippen LogP contribution in [0, 0.1) is 0 Å². The molecule has 0 saturated heterocycles. The third kappa shape index (κ3) is 4.70. The highest BCUT2D eigenvalue weighted by Crippen LogP contribution is 2.03. The zero-order chi connectivity index (χ0) is 11.8. The Morgan fingerprint density at radius 2 is 2.25 bits per heavy atom. The van der Waals surface area contributed by atoms with E-state index in [-0.39, 0.29) is 6.10 Å². The van der Waals surface area contributed by atoms with E-state index in [2.05, 4.69) is 16.4 Å². The van der Waals surface area contributed by atoms with Gasteiger partial charge < -0.3 is 14.8 Å². The second-order valence-electron chi connectivity index (χ2n) is 3.77. The fraction of sp³-hybridized carbons (Fsp3) is 0.583. The van der Waals surface area contributed by atoms with Gasteiger partial charge in [0.15, 0.2) is 0 Å². The predicted octanol–water partition coefficient (Wildman–Crippen LogP) is 1.35. The predicted molar refractivity (Wildman–Crippen MR) is 63.1 cm³/mol. The molecule has 0 fully saturated rings. The lowest BCUT2D eigenvalue weighted by molar-refractivity contribution is -0.00137. The van der Waals surface area contributed by atoms with E-state index in [1.165, 1.54) is 5.56 Å². The van der Waals surface area contributed by atoms with Crippen LogP contribution in [0.25, 0.3) is 0 Å². The zero-order valence-electron chi connectivity index (χ0n) is 10.2. The quantitative estimate of drug-likeness (QED) is 0.759. The molecule has 4 heteroatoms. The first-order valence-electron chi connectivity index (χ1n) is 5.45. The van der Waals surface area contributed by atoms with Crippen LogP contribution < -0.4 is 5.32 Å². The lowest BCUT2D eigenvalue weighted by atomic mass is 10.2. The van der Waals surface area contributed by atoms with Crippen molar-refractivity contribution < 1.29 is 9.47 Å². The summed E-state index contributed by atoms with van der Waals surface area (Å²) < 4.78 is 10.6. The third-order valence-electron chi connectivity index (χ3n) is 2.18. The molecule has 0 aliphatic rings. The molecule has 1 aromatic heterocycles. The van der Waals surface area contributed by atoms with E-state index in [9.17, 15) is 0 Å². The molecule has 4 nitrogen and oxygen atoms in total. The number of methoxy groups -OCH3 is 1. The molecular formula is C12H20N2O2. The first-order valence-corrected chi connectivity index (χ1v) is 5.45. The molecule has 0 aliphatic heterocycles. The summed E-state index contributed by atoms with van der Waals surface area (Å²) in [6.45, 7) is 3.97. The highest BCUT2D eigenvalue weighted by Gasteiger charge is 2.02. The van der Waals surface area contributed by atoms with Gasteiger partial charge >= 0.3 is 0 Å². The van der Waals surface area contributed by atoms with Crippen molar-refractivity contribution >= 4 is 0 Å². The fourth-order valence-corrected chi connectivity index (χ4v) is 1.36. The Morgan fingerprint density at radius 1 is 1.44 bits per heavy atom. The first-order chi connectivity index (χ1) is 7.76. The average Bonchev–Trinajstić information content (AvgIpc) is 2.29. The van der Waals surface area contributed by atoms with Crippen molar-refractivity contribution in [3.05, 3.63) is 29.6 Å². The van der Waals surface area contributed by atoms with E-state index in [4.69, 9.17) is 9.47 Å². The molecule has 1 rings (SSSR count). The molecule has 1 aromatic rings. The largest absolute Gasteiger partial charge is 0.382 e. The van der Waals surface area contributed by atoms with Gasteiger partial charge in [-0.15, -0.1) is 0 Å². The Balaban J connectivity index is 2.37. The Bertz CT molecular complexity index is 288. The highest BCUT2D eigenvalue weighted by molar-refractivity contribution is 5.13. The molecule has 0 bridgehead atoms. The van der Waals surface area contributed by atoms with Crippen molar-refractivity contribution in [2.24, 2.45) is 0 Å².